The standard InChI is InChI=1S/C14H24N6/c1-2-6-16-12-8-13(19-14(15)18-12)17-10-5-7-20(9-10)11-3-4-11/h8,10-11H,2-7,9H2,1H3,(H4,15,16,17,18,19). The maximum atomic E-state index is 5.78. The molecule has 3 rings (SSSR count). The molecule has 1 aromatic heterocycles. The van der Waals surface area contributed by atoms with Gasteiger partial charge in [-0.25, -0.2) is 0 Å². The second kappa shape index (κ2) is 5.83. The van der Waals surface area contributed by atoms with Crippen molar-refractivity contribution in [3.8, 4) is 0 Å². The molecule has 6 heteroatoms. The third-order valence-electron chi connectivity index (χ3n) is 3.93. The molecular formula is C14H24N6. The molecule has 0 aromatic carbocycles. The summed E-state index contributed by atoms with van der Waals surface area (Å²) < 4.78 is 0. The number of nitrogen functional groups attached to an aromatic ring is 1. The summed E-state index contributed by atoms with van der Waals surface area (Å²) in [5, 5.41) is 6.75. The highest BCUT2D eigenvalue weighted by atomic mass is 15.2. The highest BCUT2D eigenvalue weighted by Gasteiger charge is 2.34. The van der Waals surface area contributed by atoms with Crippen molar-refractivity contribution in [2.75, 3.05) is 36.0 Å². The quantitative estimate of drug-likeness (QED) is 0.731. The van der Waals surface area contributed by atoms with Crippen molar-refractivity contribution in [2.24, 2.45) is 0 Å². The van der Waals surface area contributed by atoms with Crippen molar-refractivity contribution in [3.05, 3.63) is 6.07 Å². The minimum Gasteiger partial charge on any atom is -0.370 e. The van der Waals surface area contributed by atoms with Crippen LogP contribution in [0.25, 0.3) is 0 Å². The summed E-state index contributed by atoms with van der Waals surface area (Å²) in [6, 6.07) is 3.27. The zero-order chi connectivity index (χ0) is 13.9. The first-order chi connectivity index (χ1) is 9.74. The van der Waals surface area contributed by atoms with E-state index in [0.717, 1.165) is 37.2 Å². The molecule has 1 saturated heterocycles. The first kappa shape index (κ1) is 13.4. The number of hydrogen-bond acceptors (Lipinski definition) is 6. The van der Waals surface area contributed by atoms with Crippen LogP contribution >= 0.6 is 0 Å². The normalized spacial score (nSPS) is 22.9. The fourth-order valence-corrected chi connectivity index (χ4v) is 2.77. The summed E-state index contributed by atoms with van der Waals surface area (Å²) in [6.45, 7) is 5.34. The molecule has 1 atom stereocenters. The van der Waals surface area contributed by atoms with E-state index >= 15 is 0 Å². The zero-order valence-electron chi connectivity index (χ0n) is 12.1. The molecular weight excluding hydrogens is 252 g/mol. The van der Waals surface area contributed by atoms with Crippen LogP contribution in [0.5, 0.6) is 0 Å². The Balaban J connectivity index is 1.60. The van der Waals surface area contributed by atoms with Gasteiger partial charge in [0.2, 0.25) is 5.95 Å². The summed E-state index contributed by atoms with van der Waals surface area (Å²) in [4.78, 5) is 11.1. The fourth-order valence-electron chi connectivity index (χ4n) is 2.77. The molecule has 0 bridgehead atoms. The van der Waals surface area contributed by atoms with Crippen LogP contribution in [-0.2, 0) is 0 Å². The second-order valence-corrected chi connectivity index (χ2v) is 5.78. The number of rotatable bonds is 6. The van der Waals surface area contributed by atoms with Crippen LogP contribution in [0.1, 0.15) is 32.6 Å². The Bertz CT molecular complexity index is 459. The topological polar surface area (TPSA) is 79.1 Å². The van der Waals surface area contributed by atoms with Gasteiger partial charge in [-0.3, -0.25) is 4.90 Å². The maximum absolute atomic E-state index is 5.78. The van der Waals surface area contributed by atoms with Crippen LogP contribution in [0.2, 0.25) is 0 Å². The van der Waals surface area contributed by atoms with E-state index in [0.29, 0.717) is 12.0 Å². The highest BCUT2D eigenvalue weighted by Crippen LogP contribution is 2.30. The Hall–Kier alpha value is -1.56. The number of nitrogens with one attached hydrogen (secondary N) is 2. The summed E-state index contributed by atoms with van der Waals surface area (Å²) in [5.41, 5.74) is 5.78. The third kappa shape index (κ3) is 3.30. The molecule has 1 unspecified atom stereocenters. The Kier molecular flexibility index (Phi) is 3.91. The fraction of sp³-hybridized carbons (Fsp3) is 0.714. The van der Waals surface area contributed by atoms with E-state index in [-0.39, 0.29) is 0 Å². The number of nitrogens with zero attached hydrogens (tertiary/aromatic N) is 3. The number of nitrogens with two attached hydrogens (primary N) is 1. The van der Waals surface area contributed by atoms with Crippen LogP contribution in [-0.4, -0.2) is 46.6 Å². The summed E-state index contributed by atoms with van der Waals surface area (Å²) in [6.07, 6.45) is 4.99. The van der Waals surface area contributed by atoms with Gasteiger partial charge in [0.25, 0.3) is 0 Å². The maximum Gasteiger partial charge on any atom is 0.223 e. The second-order valence-electron chi connectivity index (χ2n) is 5.78. The smallest absolute Gasteiger partial charge is 0.223 e. The Morgan fingerprint density at radius 3 is 2.85 bits per heavy atom. The van der Waals surface area contributed by atoms with E-state index < -0.39 is 0 Å². The highest BCUT2D eigenvalue weighted by molar-refractivity contribution is 5.51. The van der Waals surface area contributed by atoms with Crippen molar-refractivity contribution in [2.45, 2.75) is 44.7 Å². The monoisotopic (exact) mass is 276 g/mol. The molecule has 0 spiro atoms. The molecule has 1 aliphatic heterocycles. The molecule has 1 aromatic rings. The molecule has 6 nitrogen and oxygen atoms in total. The molecule has 2 heterocycles. The molecule has 2 aliphatic rings. The van der Waals surface area contributed by atoms with Gasteiger partial charge in [-0.05, 0) is 25.7 Å². The molecule has 0 radical (unpaired) electrons. The minimum atomic E-state index is 0.325. The first-order valence-corrected chi connectivity index (χ1v) is 7.63. The molecule has 0 amide bonds. The lowest BCUT2D eigenvalue weighted by atomic mass is 10.2. The van der Waals surface area contributed by atoms with Gasteiger partial charge < -0.3 is 16.4 Å². The van der Waals surface area contributed by atoms with Crippen molar-refractivity contribution >= 4 is 17.6 Å². The summed E-state index contributed by atoms with van der Waals surface area (Å²) >= 11 is 0. The lowest BCUT2D eigenvalue weighted by Gasteiger charge is -2.16. The van der Waals surface area contributed by atoms with Gasteiger partial charge in [0.15, 0.2) is 0 Å². The number of likely N-dealkylation sites (tertiary alicyclic amines) is 1. The predicted molar refractivity (Wildman–Crippen MR) is 81.8 cm³/mol. The van der Waals surface area contributed by atoms with Gasteiger partial charge in [0.1, 0.15) is 11.6 Å². The SMILES string of the molecule is CCCNc1cc(NC2CCN(C3CC3)C2)nc(N)n1. The summed E-state index contributed by atoms with van der Waals surface area (Å²) in [5.74, 6) is 1.96. The van der Waals surface area contributed by atoms with E-state index in [2.05, 4.69) is 32.4 Å². The van der Waals surface area contributed by atoms with Crippen LogP contribution in [0.4, 0.5) is 17.6 Å². The average molecular weight is 276 g/mol. The first-order valence-electron chi connectivity index (χ1n) is 7.63. The number of aromatic nitrogens is 2. The predicted octanol–water partition coefficient (Wildman–Crippen LogP) is 1.53. The molecule has 4 N–H and O–H groups in total. The van der Waals surface area contributed by atoms with Crippen LogP contribution in [0, 0.1) is 0 Å². The molecule has 1 aliphatic carbocycles. The van der Waals surface area contributed by atoms with Crippen LogP contribution in [0.3, 0.4) is 0 Å². The molecule has 110 valence electrons. The number of hydrogen-bond donors (Lipinski definition) is 3. The van der Waals surface area contributed by atoms with Gasteiger partial charge in [-0.2, -0.15) is 9.97 Å². The summed E-state index contributed by atoms with van der Waals surface area (Å²) in [7, 11) is 0. The van der Waals surface area contributed by atoms with Gasteiger partial charge in [-0.15, -0.1) is 0 Å². The van der Waals surface area contributed by atoms with Gasteiger partial charge in [0, 0.05) is 37.8 Å². The van der Waals surface area contributed by atoms with Crippen molar-refractivity contribution < 1.29 is 0 Å². The van der Waals surface area contributed by atoms with Crippen LogP contribution < -0.4 is 16.4 Å². The average Bonchev–Trinajstić information content (AvgIpc) is 3.17. The van der Waals surface area contributed by atoms with Crippen molar-refractivity contribution in [1.82, 2.24) is 14.9 Å². The van der Waals surface area contributed by atoms with Crippen molar-refractivity contribution in [3.63, 3.8) is 0 Å². The molecule has 1 saturated carbocycles. The number of anilines is 3. The lowest BCUT2D eigenvalue weighted by Crippen LogP contribution is -2.28. The third-order valence-corrected chi connectivity index (χ3v) is 3.93. The van der Waals surface area contributed by atoms with E-state index in [4.69, 9.17) is 5.73 Å². The van der Waals surface area contributed by atoms with E-state index in [1.54, 1.807) is 0 Å². The van der Waals surface area contributed by atoms with Gasteiger partial charge in [0.05, 0.1) is 0 Å². The molecule has 2 fully saturated rings. The Labute approximate surface area is 120 Å². The largest absolute Gasteiger partial charge is 0.370 e. The van der Waals surface area contributed by atoms with E-state index in [1.165, 1.54) is 25.8 Å². The Morgan fingerprint density at radius 1 is 1.30 bits per heavy atom. The minimum absolute atomic E-state index is 0.325. The van der Waals surface area contributed by atoms with Gasteiger partial charge >= 0.3 is 0 Å². The van der Waals surface area contributed by atoms with Gasteiger partial charge in [-0.1, -0.05) is 6.92 Å². The van der Waals surface area contributed by atoms with Crippen LogP contribution in [0.15, 0.2) is 6.07 Å². The lowest BCUT2D eigenvalue weighted by molar-refractivity contribution is 0.326. The van der Waals surface area contributed by atoms with E-state index in [9.17, 15) is 0 Å². The van der Waals surface area contributed by atoms with Crippen molar-refractivity contribution in [1.29, 1.82) is 0 Å². The Morgan fingerprint density at radius 2 is 2.10 bits per heavy atom. The zero-order valence-corrected chi connectivity index (χ0v) is 12.1. The molecule has 20 heavy (non-hydrogen) atoms. The van der Waals surface area contributed by atoms with E-state index in [1.807, 2.05) is 6.07 Å².